The molecule has 3 fully saturated rings. The van der Waals surface area contributed by atoms with Gasteiger partial charge < -0.3 is 10.2 Å². The third-order valence-electron chi connectivity index (χ3n) is 3.35. The van der Waals surface area contributed by atoms with Crippen LogP contribution in [0.2, 0.25) is 0 Å². The third-order valence-corrected chi connectivity index (χ3v) is 3.35. The van der Waals surface area contributed by atoms with Crippen LogP contribution in [-0.4, -0.2) is 16.8 Å². The van der Waals surface area contributed by atoms with Crippen molar-refractivity contribution in [1.29, 1.82) is 0 Å². The van der Waals surface area contributed by atoms with Gasteiger partial charge in [-0.25, -0.2) is 0 Å². The van der Waals surface area contributed by atoms with Crippen LogP contribution in [0.15, 0.2) is 0 Å². The quantitative estimate of drug-likeness (QED) is 0.341. The minimum absolute atomic E-state index is 0.601. The molecule has 1 heterocycles. The number of hydrogen-bond acceptors (Lipinski definition) is 0. The number of hydrogen-bond donors (Lipinski definition) is 0. The molecule has 4 atom stereocenters. The zero-order chi connectivity index (χ0) is 6.01. The van der Waals surface area contributed by atoms with Crippen molar-refractivity contribution in [3.8, 4) is 0 Å². The lowest BCUT2D eigenvalue weighted by Gasteiger charge is -1.96. The van der Waals surface area contributed by atoms with Crippen molar-refractivity contribution < 1.29 is 4.70 Å². The van der Waals surface area contributed by atoms with Crippen molar-refractivity contribution in [3.05, 3.63) is 5.53 Å². The van der Waals surface area contributed by atoms with E-state index < -0.39 is 0 Å². The largest absolute Gasteiger partial charge is 0.506 e. The molecule has 4 unspecified atom stereocenters. The van der Waals surface area contributed by atoms with Crippen LogP contribution in [0.3, 0.4) is 0 Å². The molecule has 1 aliphatic heterocycles. The van der Waals surface area contributed by atoms with E-state index in [0.29, 0.717) is 12.1 Å². The minimum atomic E-state index is 0.601. The van der Waals surface area contributed by atoms with Crippen LogP contribution in [0.4, 0.5) is 0 Å². The van der Waals surface area contributed by atoms with Crippen molar-refractivity contribution in [2.24, 2.45) is 11.8 Å². The predicted octanol–water partition coefficient (Wildman–Crippen LogP) is 1.20. The highest BCUT2D eigenvalue weighted by Crippen LogP contribution is 2.55. The van der Waals surface area contributed by atoms with Crippen molar-refractivity contribution in [1.82, 2.24) is 0 Å². The van der Waals surface area contributed by atoms with Gasteiger partial charge in [-0.3, -0.25) is 0 Å². The van der Waals surface area contributed by atoms with Gasteiger partial charge in [0.15, 0.2) is 0 Å². The Bertz CT molecular complexity index is 169. The first-order chi connectivity index (χ1) is 4.38. The van der Waals surface area contributed by atoms with Crippen LogP contribution >= 0.6 is 0 Å². The van der Waals surface area contributed by atoms with E-state index in [1.807, 2.05) is 0 Å². The average molecular weight is 122 g/mol. The highest BCUT2D eigenvalue weighted by Gasteiger charge is 2.68. The molecule has 0 radical (unpaired) electrons. The Labute approximate surface area is 54.4 Å². The Morgan fingerprint density at radius 3 is 2.11 bits per heavy atom. The molecule has 0 amide bonds. The SMILES string of the molecule is [N-]=[N+]1C2C3CCC(C3)C21. The van der Waals surface area contributed by atoms with Crippen LogP contribution in [0.25, 0.3) is 5.53 Å². The summed E-state index contributed by atoms with van der Waals surface area (Å²) in [6.07, 6.45) is 4.16. The van der Waals surface area contributed by atoms with E-state index >= 15 is 0 Å². The normalized spacial score (nSPS) is 60.2. The van der Waals surface area contributed by atoms with E-state index in [4.69, 9.17) is 5.53 Å². The molecule has 0 aromatic rings. The van der Waals surface area contributed by atoms with Gasteiger partial charge in [0.05, 0.1) is 0 Å². The van der Waals surface area contributed by atoms with E-state index in [-0.39, 0.29) is 0 Å². The van der Waals surface area contributed by atoms with E-state index in [9.17, 15) is 0 Å². The Morgan fingerprint density at radius 1 is 1.11 bits per heavy atom. The van der Waals surface area contributed by atoms with Crippen molar-refractivity contribution in [3.63, 3.8) is 0 Å². The van der Waals surface area contributed by atoms with E-state index in [0.717, 1.165) is 11.8 Å². The second-order valence-electron chi connectivity index (χ2n) is 3.69. The number of fused-ring (bicyclic) bond motifs is 5. The molecule has 0 aromatic heterocycles. The first kappa shape index (κ1) is 4.42. The Hall–Kier alpha value is -0.400. The minimum Gasteiger partial charge on any atom is -0.506 e. The monoisotopic (exact) mass is 122 g/mol. The fraction of sp³-hybridized carbons (Fsp3) is 1.00. The number of nitrogens with zero attached hydrogens (tertiary/aromatic N) is 2. The van der Waals surface area contributed by atoms with Crippen molar-refractivity contribution >= 4 is 0 Å². The Balaban J connectivity index is 2.04. The zero-order valence-electron chi connectivity index (χ0n) is 5.33. The predicted molar refractivity (Wildman–Crippen MR) is 32.0 cm³/mol. The van der Waals surface area contributed by atoms with Gasteiger partial charge in [-0.2, -0.15) is 0 Å². The Kier molecular flexibility index (Phi) is 0.525. The summed E-state index contributed by atoms with van der Waals surface area (Å²) in [5.74, 6) is 1.73. The topological polar surface area (TPSA) is 25.3 Å². The highest BCUT2D eigenvalue weighted by atomic mass is 15.4. The van der Waals surface area contributed by atoms with Gasteiger partial charge in [0.1, 0.15) is 0 Å². The lowest BCUT2D eigenvalue weighted by Crippen LogP contribution is -2.04. The average Bonchev–Trinajstić information content (AvgIpc) is 2.29. The Morgan fingerprint density at radius 2 is 1.67 bits per heavy atom. The summed E-state index contributed by atoms with van der Waals surface area (Å²) in [6, 6.07) is 1.20. The zero-order valence-corrected chi connectivity index (χ0v) is 5.33. The molecule has 0 aromatic carbocycles. The van der Waals surface area contributed by atoms with E-state index in [1.165, 1.54) is 19.3 Å². The standard InChI is InChI=1S/C7H10N2/c8-9-6-4-1-2-5(3-4)7(6)9/h4-7H,1-3H2. The maximum atomic E-state index is 9.16. The maximum Gasteiger partial charge on any atom is 0.205 e. The van der Waals surface area contributed by atoms with E-state index in [1.54, 1.807) is 4.70 Å². The smallest absolute Gasteiger partial charge is 0.205 e. The van der Waals surface area contributed by atoms with Gasteiger partial charge in [-0.1, -0.05) is 0 Å². The number of rotatable bonds is 0. The lowest BCUT2D eigenvalue weighted by atomic mass is 10.0. The molecule has 2 bridgehead atoms. The first-order valence-electron chi connectivity index (χ1n) is 3.85. The van der Waals surface area contributed by atoms with Crippen LogP contribution in [0.5, 0.6) is 0 Å². The first-order valence-corrected chi connectivity index (χ1v) is 3.85. The molecule has 2 heteroatoms. The van der Waals surface area contributed by atoms with Crippen molar-refractivity contribution in [2.75, 3.05) is 0 Å². The van der Waals surface area contributed by atoms with Gasteiger partial charge in [0, 0.05) is 11.8 Å². The number of piperidine rings is 1. The van der Waals surface area contributed by atoms with Crippen LogP contribution in [-0.2, 0) is 0 Å². The summed E-state index contributed by atoms with van der Waals surface area (Å²) in [6.45, 7) is 0. The summed E-state index contributed by atoms with van der Waals surface area (Å²) in [4.78, 5) is 0. The molecule has 3 rings (SSSR count). The molecule has 1 saturated heterocycles. The van der Waals surface area contributed by atoms with Crippen LogP contribution in [0, 0.1) is 11.8 Å². The summed E-state index contributed by atoms with van der Waals surface area (Å²) >= 11 is 0. The summed E-state index contributed by atoms with van der Waals surface area (Å²) in [5.41, 5.74) is 9.16. The molecule has 48 valence electrons. The van der Waals surface area contributed by atoms with Gasteiger partial charge in [-0.15, -0.1) is 0 Å². The van der Waals surface area contributed by atoms with Gasteiger partial charge in [-0.05, 0) is 19.3 Å². The third kappa shape index (κ3) is 0.337. The fourth-order valence-corrected chi connectivity index (χ4v) is 2.92. The lowest BCUT2D eigenvalue weighted by molar-refractivity contribution is -0.422. The molecular weight excluding hydrogens is 112 g/mol. The summed E-state index contributed by atoms with van der Waals surface area (Å²) < 4.78 is 1.58. The molecular formula is C7H10N2. The van der Waals surface area contributed by atoms with Gasteiger partial charge in [0.2, 0.25) is 12.1 Å². The molecule has 3 aliphatic rings. The van der Waals surface area contributed by atoms with E-state index in [2.05, 4.69) is 0 Å². The van der Waals surface area contributed by atoms with Gasteiger partial charge in [0.25, 0.3) is 0 Å². The molecule has 9 heavy (non-hydrogen) atoms. The second kappa shape index (κ2) is 1.07. The second-order valence-corrected chi connectivity index (χ2v) is 3.69. The van der Waals surface area contributed by atoms with Crippen molar-refractivity contribution in [2.45, 2.75) is 31.3 Å². The van der Waals surface area contributed by atoms with Gasteiger partial charge >= 0.3 is 0 Å². The van der Waals surface area contributed by atoms with Crippen LogP contribution < -0.4 is 0 Å². The summed E-state index contributed by atoms with van der Waals surface area (Å²) in [7, 11) is 0. The molecule has 0 spiro atoms. The fourth-order valence-electron chi connectivity index (χ4n) is 2.92. The summed E-state index contributed by atoms with van der Waals surface area (Å²) in [5, 5.41) is 0. The molecule has 2 saturated carbocycles. The molecule has 2 nitrogen and oxygen atoms in total. The van der Waals surface area contributed by atoms with Crippen LogP contribution in [0.1, 0.15) is 19.3 Å². The molecule has 0 N–H and O–H groups in total. The highest BCUT2D eigenvalue weighted by molar-refractivity contribution is 5.04. The maximum absolute atomic E-state index is 9.16. The molecule has 2 aliphatic carbocycles.